The number of nitrogen functional groups attached to an aromatic ring is 1. The molecule has 2 saturated heterocycles. The zero-order chi connectivity index (χ0) is 17.3. The summed E-state index contributed by atoms with van der Waals surface area (Å²) in [6.45, 7) is 7.65. The topological polar surface area (TPSA) is 101 Å². The summed E-state index contributed by atoms with van der Waals surface area (Å²) < 4.78 is 0. The van der Waals surface area contributed by atoms with Gasteiger partial charge < -0.3 is 15.5 Å². The zero-order valence-electron chi connectivity index (χ0n) is 14.4. The van der Waals surface area contributed by atoms with Gasteiger partial charge in [-0.1, -0.05) is 13.8 Å². The van der Waals surface area contributed by atoms with Crippen LogP contribution >= 0.6 is 0 Å². The van der Waals surface area contributed by atoms with Crippen molar-refractivity contribution in [3.05, 3.63) is 10.1 Å². The van der Waals surface area contributed by atoms with Crippen molar-refractivity contribution in [2.75, 3.05) is 41.7 Å². The van der Waals surface area contributed by atoms with Crippen LogP contribution in [0.4, 0.5) is 23.3 Å². The van der Waals surface area contributed by atoms with Gasteiger partial charge in [0.25, 0.3) is 0 Å². The van der Waals surface area contributed by atoms with E-state index in [0.717, 1.165) is 45.4 Å². The number of piperidine rings is 2. The molecule has 3 heterocycles. The largest absolute Gasteiger partial charge is 0.378 e. The van der Waals surface area contributed by atoms with Crippen LogP contribution in [0.3, 0.4) is 0 Å². The molecule has 132 valence electrons. The molecule has 1 aromatic heterocycles. The quantitative estimate of drug-likeness (QED) is 0.669. The van der Waals surface area contributed by atoms with Gasteiger partial charge in [0.1, 0.15) is 0 Å². The molecule has 24 heavy (non-hydrogen) atoms. The number of hydrogen-bond donors (Lipinski definition) is 1. The first kappa shape index (κ1) is 16.7. The number of nitrogens with zero attached hydrogens (tertiary/aromatic N) is 5. The van der Waals surface area contributed by atoms with E-state index in [9.17, 15) is 10.1 Å². The normalized spacial score (nSPS) is 24.9. The minimum absolute atomic E-state index is 0.0311. The Morgan fingerprint density at radius 2 is 1.67 bits per heavy atom. The van der Waals surface area contributed by atoms with Crippen LogP contribution < -0.4 is 15.5 Å². The van der Waals surface area contributed by atoms with E-state index in [0.29, 0.717) is 23.6 Å². The van der Waals surface area contributed by atoms with Crippen molar-refractivity contribution in [3.63, 3.8) is 0 Å². The van der Waals surface area contributed by atoms with Gasteiger partial charge in [0.15, 0.2) is 0 Å². The van der Waals surface area contributed by atoms with Gasteiger partial charge in [0, 0.05) is 26.2 Å². The van der Waals surface area contributed by atoms with E-state index in [2.05, 4.69) is 28.7 Å². The Morgan fingerprint density at radius 3 is 2.25 bits per heavy atom. The van der Waals surface area contributed by atoms with Gasteiger partial charge in [0.05, 0.1) is 4.92 Å². The monoisotopic (exact) mass is 334 g/mol. The molecule has 8 nitrogen and oxygen atoms in total. The molecule has 2 fully saturated rings. The number of hydrogen-bond acceptors (Lipinski definition) is 7. The third kappa shape index (κ3) is 3.37. The summed E-state index contributed by atoms with van der Waals surface area (Å²) in [4.78, 5) is 24.0. The lowest BCUT2D eigenvalue weighted by Crippen LogP contribution is -2.38. The molecule has 0 bridgehead atoms. The highest BCUT2D eigenvalue weighted by Gasteiger charge is 2.31. The number of nitro groups is 1. The molecule has 0 amide bonds. The van der Waals surface area contributed by atoms with E-state index in [1.54, 1.807) is 0 Å². The van der Waals surface area contributed by atoms with E-state index in [1.165, 1.54) is 6.42 Å². The van der Waals surface area contributed by atoms with Crippen LogP contribution in [0.2, 0.25) is 0 Å². The van der Waals surface area contributed by atoms with Crippen molar-refractivity contribution >= 4 is 23.3 Å². The van der Waals surface area contributed by atoms with Gasteiger partial charge in [-0.05, 0) is 37.5 Å². The minimum Gasteiger partial charge on any atom is -0.378 e. The summed E-state index contributed by atoms with van der Waals surface area (Å²) in [7, 11) is 0. The van der Waals surface area contributed by atoms with E-state index in [-0.39, 0.29) is 11.5 Å². The number of anilines is 3. The van der Waals surface area contributed by atoms with Gasteiger partial charge in [-0.2, -0.15) is 9.97 Å². The van der Waals surface area contributed by atoms with Crippen molar-refractivity contribution in [3.8, 4) is 0 Å². The Bertz CT molecular complexity index is 623. The van der Waals surface area contributed by atoms with Gasteiger partial charge in [0.2, 0.25) is 17.6 Å². The fourth-order valence-electron chi connectivity index (χ4n) is 3.74. The summed E-state index contributed by atoms with van der Waals surface area (Å²) in [5.41, 5.74) is 5.80. The van der Waals surface area contributed by atoms with Crippen LogP contribution in [0.1, 0.15) is 39.5 Å². The van der Waals surface area contributed by atoms with Crippen LogP contribution in [0.5, 0.6) is 0 Å². The molecule has 0 aliphatic carbocycles. The molecule has 2 unspecified atom stereocenters. The number of aromatic nitrogens is 2. The molecule has 8 heteroatoms. The van der Waals surface area contributed by atoms with E-state index >= 15 is 0 Å². The first-order valence-electron chi connectivity index (χ1n) is 8.77. The lowest BCUT2D eigenvalue weighted by Gasteiger charge is -2.34. The molecule has 2 aliphatic rings. The first-order chi connectivity index (χ1) is 11.5. The average molecular weight is 334 g/mol. The van der Waals surface area contributed by atoms with Gasteiger partial charge in [-0.25, -0.2) is 0 Å². The molecule has 0 spiro atoms. The van der Waals surface area contributed by atoms with E-state index in [4.69, 9.17) is 5.73 Å². The van der Waals surface area contributed by atoms with Crippen molar-refractivity contribution in [2.45, 2.75) is 39.5 Å². The SMILES string of the molecule is CC1CCCN(c2nc(N)c([N+](=O)[O-])c(N3CCCC(C)C3)n2)C1. The fourth-order valence-corrected chi connectivity index (χ4v) is 3.74. The third-order valence-electron chi connectivity index (χ3n) is 4.96. The lowest BCUT2D eigenvalue weighted by molar-refractivity contribution is -0.383. The maximum atomic E-state index is 11.5. The Morgan fingerprint density at radius 1 is 1.08 bits per heavy atom. The second-order valence-electron chi connectivity index (χ2n) is 7.23. The zero-order valence-corrected chi connectivity index (χ0v) is 14.4. The number of rotatable bonds is 3. The Hall–Kier alpha value is -2.12. The molecule has 2 atom stereocenters. The second-order valence-corrected chi connectivity index (χ2v) is 7.23. The molecular weight excluding hydrogens is 308 g/mol. The standard InChI is InChI=1S/C16H26N6O2/c1-11-5-3-7-20(9-11)15-13(22(23)24)14(17)18-16(19-15)21-8-4-6-12(2)10-21/h11-12H,3-10H2,1-2H3,(H2,17,18,19). The van der Waals surface area contributed by atoms with Crippen LogP contribution in [-0.2, 0) is 0 Å². The third-order valence-corrected chi connectivity index (χ3v) is 4.96. The van der Waals surface area contributed by atoms with Crippen LogP contribution in [0.25, 0.3) is 0 Å². The van der Waals surface area contributed by atoms with Gasteiger partial charge in [-0.3, -0.25) is 10.1 Å². The van der Waals surface area contributed by atoms with Crippen molar-refractivity contribution in [2.24, 2.45) is 11.8 Å². The molecule has 3 rings (SSSR count). The average Bonchev–Trinajstić information content (AvgIpc) is 2.53. The Labute approximate surface area is 142 Å². The van der Waals surface area contributed by atoms with Crippen LogP contribution in [0.15, 0.2) is 0 Å². The smallest absolute Gasteiger partial charge is 0.353 e. The van der Waals surface area contributed by atoms with Gasteiger partial charge in [-0.15, -0.1) is 0 Å². The molecule has 0 radical (unpaired) electrons. The predicted molar refractivity (Wildman–Crippen MR) is 94.3 cm³/mol. The van der Waals surface area contributed by atoms with Crippen molar-refractivity contribution in [1.29, 1.82) is 0 Å². The summed E-state index contributed by atoms with van der Waals surface area (Å²) in [6, 6.07) is 0. The molecule has 2 aliphatic heterocycles. The highest BCUT2D eigenvalue weighted by atomic mass is 16.6. The van der Waals surface area contributed by atoms with Crippen molar-refractivity contribution < 1.29 is 4.92 Å². The molecule has 2 N–H and O–H groups in total. The first-order valence-corrected chi connectivity index (χ1v) is 8.77. The fraction of sp³-hybridized carbons (Fsp3) is 0.750. The highest BCUT2D eigenvalue weighted by molar-refractivity contribution is 5.71. The maximum absolute atomic E-state index is 11.5. The summed E-state index contributed by atoms with van der Waals surface area (Å²) in [6.07, 6.45) is 4.42. The highest BCUT2D eigenvalue weighted by Crippen LogP contribution is 2.35. The van der Waals surface area contributed by atoms with E-state index in [1.807, 2.05) is 4.90 Å². The molecule has 0 saturated carbocycles. The maximum Gasteiger partial charge on any atom is 0.353 e. The predicted octanol–water partition coefficient (Wildman–Crippen LogP) is 2.44. The minimum atomic E-state index is -0.452. The summed E-state index contributed by atoms with van der Waals surface area (Å²) >= 11 is 0. The lowest BCUT2D eigenvalue weighted by atomic mass is 10.0. The molecule has 0 aromatic carbocycles. The Balaban J connectivity index is 1.99. The van der Waals surface area contributed by atoms with Crippen LogP contribution in [0, 0.1) is 22.0 Å². The summed E-state index contributed by atoms with van der Waals surface area (Å²) in [5, 5.41) is 11.5. The van der Waals surface area contributed by atoms with E-state index < -0.39 is 4.92 Å². The number of nitrogens with two attached hydrogens (primary N) is 1. The summed E-state index contributed by atoms with van der Waals surface area (Å²) in [5.74, 6) is 1.94. The van der Waals surface area contributed by atoms with Crippen LogP contribution in [-0.4, -0.2) is 41.1 Å². The molecular formula is C16H26N6O2. The van der Waals surface area contributed by atoms with Crippen molar-refractivity contribution in [1.82, 2.24) is 9.97 Å². The second kappa shape index (κ2) is 6.78. The Kier molecular flexibility index (Phi) is 4.73. The molecule has 1 aromatic rings. The van der Waals surface area contributed by atoms with Gasteiger partial charge >= 0.3 is 5.69 Å².